The summed E-state index contributed by atoms with van der Waals surface area (Å²) in [5.74, 6) is 0.221. The summed E-state index contributed by atoms with van der Waals surface area (Å²) in [4.78, 5) is 14.1. The van der Waals surface area contributed by atoms with Gasteiger partial charge < -0.3 is 9.64 Å². The highest BCUT2D eigenvalue weighted by Crippen LogP contribution is 2.12. The normalized spacial score (nSPS) is 17.6. The molecular weight excluding hydrogens is 202 g/mol. The number of rotatable bonds is 5. The van der Waals surface area contributed by atoms with Crippen LogP contribution >= 0.6 is 0 Å². The molecule has 16 heavy (non-hydrogen) atoms. The van der Waals surface area contributed by atoms with Crippen LogP contribution in [0.2, 0.25) is 0 Å². The van der Waals surface area contributed by atoms with Crippen molar-refractivity contribution in [2.45, 2.75) is 39.5 Å². The molecule has 0 radical (unpaired) electrons. The van der Waals surface area contributed by atoms with Crippen LogP contribution in [0.1, 0.15) is 39.5 Å². The Morgan fingerprint density at radius 1 is 1.25 bits per heavy atom. The third-order valence-electron chi connectivity index (χ3n) is 2.77. The summed E-state index contributed by atoms with van der Waals surface area (Å²) in [5.41, 5.74) is 0.992. The summed E-state index contributed by atoms with van der Waals surface area (Å²) in [7, 11) is 0. The molecule has 92 valence electrons. The number of hydrogen-bond acceptors (Lipinski definition) is 2. The first-order chi connectivity index (χ1) is 7.79. The van der Waals surface area contributed by atoms with Gasteiger partial charge in [-0.15, -0.1) is 0 Å². The van der Waals surface area contributed by atoms with Crippen molar-refractivity contribution in [3.05, 3.63) is 11.6 Å². The molecule has 1 fully saturated rings. The molecule has 0 atom stereocenters. The number of allylic oxidation sites excluding steroid dienone is 1. The monoisotopic (exact) mass is 225 g/mol. The third-order valence-corrected chi connectivity index (χ3v) is 2.77. The standard InChI is InChI=1S/C13H23NO2/c1-3-5-7-12(6-4-2)13(15)14-8-10-16-11-9-14/h7H,3-6,8-11H2,1-2H3/b12-7+. The van der Waals surface area contributed by atoms with Crippen LogP contribution in [-0.4, -0.2) is 37.1 Å². The van der Waals surface area contributed by atoms with E-state index in [2.05, 4.69) is 19.9 Å². The molecular formula is C13H23NO2. The van der Waals surface area contributed by atoms with E-state index >= 15 is 0 Å². The highest BCUT2D eigenvalue weighted by atomic mass is 16.5. The number of nitrogens with zero attached hydrogens (tertiary/aromatic N) is 1. The van der Waals surface area contributed by atoms with Gasteiger partial charge in [-0.1, -0.05) is 32.8 Å². The molecule has 1 amide bonds. The Bertz CT molecular complexity index is 242. The second kappa shape index (κ2) is 7.44. The van der Waals surface area contributed by atoms with E-state index in [1.807, 2.05) is 4.90 Å². The van der Waals surface area contributed by atoms with Crippen LogP contribution in [0.3, 0.4) is 0 Å². The minimum atomic E-state index is 0.221. The Hall–Kier alpha value is -0.830. The van der Waals surface area contributed by atoms with Gasteiger partial charge in [0.05, 0.1) is 13.2 Å². The average molecular weight is 225 g/mol. The molecule has 0 N–H and O–H groups in total. The van der Waals surface area contributed by atoms with Crippen LogP contribution in [0.4, 0.5) is 0 Å². The largest absolute Gasteiger partial charge is 0.378 e. The average Bonchev–Trinajstić information content (AvgIpc) is 2.35. The van der Waals surface area contributed by atoms with Crippen LogP contribution in [0.25, 0.3) is 0 Å². The summed E-state index contributed by atoms with van der Waals surface area (Å²) < 4.78 is 5.26. The smallest absolute Gasteiger partial charge is 0.249 e. The summed E-state index contributed by atoms with van der Waals surface area (Å²) in [6.45, 7) is 7.10. The lowest BCUT2D eigenvalue weighted by atomic mass is 10.1. The molecule has 0 aromatic carbocycles. The van der Waals surface area contributed by atoms with Gasteiger partial charge in [-0.25, -0.2) is 0 Å². The maximum absolute atomic E-state index is 12.2. The van der Waals surface area contributed by atoms with Crippen molar-refractivity contribution < 1.29 is 9.53 Å². The molecule has 0 aromatic rings. The lowest BCUT2D eigenvalue weighted by Crippen LogP contribution is -2.41. The van der Waals surface area contributed by atoms with Crippen LogP contribution in [0.5, 0.6) is 0 Å². The van der Waals surface area contributed by atoms with E-state index in [4.69, 9.17) is 4.74 Å². The first-order valence-corrected chi connectivity index (χ1v) is 6.35. The summed E-state index contributed by atoms with van der Waals surface area (Å²) in [5, 5.41) is 0. The third kappa shape index (κ3) is 3.97. The van der Waals surface area contributed by atoms with Crippen molar-refractivity contribution in [3.8, 4) is 0 Å². The summed E-state index contributed by atoms with van der Waals surface area (Å²) in [6, 6.07) is 0. The predicted octanol–water partition coefficient (Wildman–Crippen LogP) is 2.37. The predicted molar refractivity (Wildman–Crippen MR) is 65.3 cm³/mol. The Kier molecular flexibility index (Phi) is 6.16. The second-order valence-corrected chi connectivity index (χ2v) is 4.17. The molecule has 1 heterocycles. The Morgan fingerprint density at radius 3 is 2.50 bits per heavy atom. The highest BCUT2D eigenvalue weighted by molar-refractivity contribution is 5.93. The van der Waals surface area contributed by atoms with E-state index in [-0.39, 0.29) is 5.91 Å². The quantitative estimate of drug-likeness (QED) is 0.672. The fraction of sp³-hybridized carbons (Fsp3) is 0.769. The summed E-state index contributed by atoms with van der Waals surface area (Å²) in [6.07, 6.45) is 6.15. The van der Waals surface area contributed by atoms with Crippen molar-refractivity contribution in [2.75, 3.05) is 26.3 Å². The maximum Gasteiger partial charge on any atom is 0.249 e. The van der Waals surface area contributed by atoms with Gasteiger partial charge in [-0.05, 0) is 12.8 Å². The van der Waals surface area contributed by atoms with Gasteiger partial charge in [0, 0.05) is 18.7 Å². The van der Waals surface area contributed by atoms with E-state index in [9.17, 15) is 4.79 Å². The van der Waals surface area contributed by atoms with E-state index in [1.165, 1.54) is 0 Å². The van der Waals surface area contributed by atoms with Crippen LogP contribution in [-0.2, 0) is 9.53 Å². The summed E-state index contributed by atoms with van der Waals surface area (Å²) >= 11 is 0. The Balaban J connectivity index is 2.57. The van der Waals surface area contributed by atoms with Crippen molar-refractivity contribution in [1.29, 1.82) is 0 Å². The SMILES string of the molecule is CCC/C=C(\CCC)C(=O)N1CCOCC1. The fourth-order valence-corrected chi connectivity index (χ4v) is 1.85. The Morgan fingerprint density at radius 2 is 1.94 bits per heavy atom. The van der Waals surface area contributed by atoms with Gasteiger partial charge in [0.15, 0.2) is 0 Å². The minimum Gasteiger partial charge on any atom is -0.378 e. The zero-order chi connectivity index (χ0) is 11.8. The molecule has 0 unspecified atom stereocenters. The topological polar surface area (TPSA) is 29.5 Å². The molecule has 3 heteroatoms. The van der Waals surface area contributed by atoms with E-state index in [1.54, 1.807) is 0 Å². The fourth-order valence-electron chi connectivity index (χ4n) is 1.85. The molecule has 1 aliphatic rings. The molecule has 1 saturated heterocycles. The number of morpholine rings is 1. The maximum atomic E-state index is 12.2. The molecule has 3 nitrogen and oxygen atoms in total. The van der Waals surface area contributed by atoms with Crippen molar-refractivity contribution in [2.24, 2.45) is 0 Å². The number of carbonyl (C=O) groups excluding carboxylic acids is 1. The molecule has 1 aliphatic heterocycles. The zero-order valence-corrected chi connectivity index (χ0v) is 10.5. The van der Waals surface area contributed by atoms with Gasteiger partial charge in [-0.2, -0.15) is 0 Å². The number of unbranched alkanes of at least 4 members (excludes halogenated alkanes) is 1. The van der Waals surface area contributed by atoms with Crippen molar-refractivity contribution in [1.82, 2.24) is 4.90 Å². The van der Waals surface area contributed by atoms with Gasteiger partial charge in [0.1, 0.15) is 0 Å². The lowest BCUT2D eigenvalue weighted by molar-refractivity contribution is -0.131. The van der Waals surface area contributed by atoms with E-state index < -0.39 is 0 Å². The Labute approximate surface area is 98.5 Å². The number of amides is 1. The van der Waals surface area contributed by atoms with Gasteiger partial charge in [0.25, 0.3) is 0 Å². The van der Waals surface area contributed by atoms with Gasteiger partial charge >= 0.3 is 0 Å². The second-order valence-electron chi connectivity index (χ2n) is 4.17. The van der Waals surface area contributed by atoms with Gasteiger partial charge in [0.2, 0.25) is 5.91 Å². The minimum absolute atomic E-state index is 0.221. The van der Waals surface area contributed by atoms with Crippen LogP contribution in [0.15, 0.2) is 11.6 Å². The van der Waals surface area contributed by atoms with Gasteiger partial charge in [-0.3, -0.25) is 4.79 Å². The van der Waals surface area contributed by atoms with Crippen LogP contribution in [0, 0.1) is 0 Å². The van der Waals surface area contributed by atoms with E-state index in [0.717, 1.165) is 44.3 Å². The van der Waals surface area contributed by atoms with Crippen molar-refractivity contribution in [3.63, 3.8) is 0 Å². The van der Waals surface area contributed by atoms with E-state index in [0.29, 0.717) is 13.2 Å². The molecule has 0 bridgehead atoms. The highest BCUT2D eigenvalue weighted by Gasteiger charge is 2.19. The first-order valence-electron chi connectivity index (χ1n) is 6.35. The molecule has 0 saturated carbocycles. The first kappa shape index (κ1) is 13.2. The number of hydrogen-bond donors (Lipinski definition) is 0. The number of carbonyl (C=O) groups is 1. The molecule has 0 aliphatic carbocycles. The lowest BCUT2D eigenvalue weighted by Gasteiger charge is -2.27. The van der Waals surface area contributed by atoms with Crippen molar-refractivity contribution >= 4 is 5.91 Å². The molecule has 0 aromatic heterocycles. The zero-order valence-electron chi connectivity index (χ0n) is 10.5. The number of ether oxygens (including phenoxy) is 1. The molecule has 1 rings (SSSR count). The van der Waals surface area contributed by atoms with Crippen LogP contribution < -0.4 is 0 Å². The molecule has 0 spiro atoms.